The Morgan fingerprint density at radius 2 is 1.90 bits per heavy atom. The normalized spacial score (nSPS) is 10.7. The summed E-state index contributed by atoms with van der Waals surface area (Å²) in [6.07, 6.45) is 2.93. The van der Waals surface area contributed by atoms with Crippen molar-refractivity contribution in [3.8, 4) is 0 Å². The van der Waals surface area contributed by atoms with Crippen LogP contribution in [0.3, 0.4) is 0 Å². The Hall–Kier alpha value is -2.82. The number of carbonyl (C=O) groups excluding carboxylic acids is 1. The molecular weight excluding hydrogens is 270 g/mol. The number of furan rings is 1. The number of carbonyl (C=O) groups is 2. The zero-order valence-electron chi connectivity index (χ0n) is 11.5. The maximum Gasteiger partial charge on any atom is 0.307 e. The highest BCUT2D eigenvalue weighted by atomic mass is 16.4. The fourth-order valence-electron chi connectivity index (χ4n) is 1.77. The molecular formula is C16H15NO4. The molecule has 2 N–H and O–H groups in total. The van der Waals surface area contributed by atoms with E-state index in [0.717, 1.165) is 5.76 Å². The van der Waals surface area contributed by atoms with Crippen molar-refractivity contribution in [2.24, 2.45) is 0 Å². The van der Waals surface area contributed by atoms with Crippen molar-refractivity contribution in [3.63, 3.8) is 0 Å². The highest BCUT2D eigenvalue weighted by Gasteiger charge is 2.02. The van der Waals surface area contributed by atoms with Gasteiger partial charge in [0.25, 0.3) is 0 Å². The molecule has 5 heteroatoms. The fraction of sp³-hybridized carbons (Fsp3) is 0.125. The van der Waals surface area contributed by atoms with E-state index in [1.54, 1.807) is 36.4 Å². The molecule has 0 saturated heterocycles. The van der Waals surface area contributed by atoms with Crippen molar-refractivity contribution in [2.75, 3.05) is 5.32 Å². The Kier molecular flexibility index (Phi) is 4.56. The topological polar surface area (TPSA) is 79.5 Å². The van der Waals surface area contributed by atoms with Crippen molar-refractivity contribution in [3.05, 3.63) is 59.6 Å². The number of benzene rings is 1. The number of anilines is 1. The second kappa shape index (κ2) is 6.56. The van der Waals surface area contributed by atoms with Gasteiger partial charge >= 0.3 is 5.97 Å². The Morgan fingerprint density at radius 1 is 1.19 bits per heavy atom. The van der Waals surface area contributed by atoms with Gasteiger partial charge in [0, 0.05) is 11.8 Å². The first-order valence-electron chi connectivity index (χ1n) is 6.39. The van der Waals surface area contributed by atoms with Crippen LogP contribution in [0.1, 0.15) is 17.1 Å². The lowest BCUT2D eigenvalue weighted by Gasteiger charge is -2.03. The van der Waals surface area contributed by atoms with E-state index in [9.17, 15) is 9.59 Å². The predicted octanol–water partition coefficient (Wildman–Crippen LogP) is 2.87. The quantitative estimate of drug-likeness (QED) is 0.828. The number of rotatable bonds is 5. The maximum atomic E-state index is 11.7. The zero-order chi connectivity index (χ0) is 15.2. The summed E-state index contributed by atoms with van der Waals surface area (Å²) < 4.78 is 5.31. The first kappa shape index (κ1) is 14.6. The van der Waals surface area contributed by atoms with Gasteiger partial charge in [-0.1, -0.05) is 12.1 Å². The number of carboxylic acids is 1. The summed E-state index contributed by atoms with van der Waals surface area (Å²) >= 11 is 0. The summed E-state index contributed by atoms with van der Waals surface area (Å²) in [6, 6.07) is 10.3. The van der Waals surface area contributed by atoms with Gasteiger partial charge in [0.2, 0.25) is 5.91 Å². The zero-order valence-corrected chi connectivity index (χ0v) is 11.5. The molecule has 0 bridgehead atoms. The molecule has 0 aliphatic rings. The van der Waals surface area contributed by atoms with Crippen molar-refractivity contribution in [1.82, 2.24) is 0 Å². The van der Waals surface area contributed by atoms with Crippen LogP contribution in [-0.2, 0) is 16.0 Å². The molecule has 0 radical (unpaired) electrons. The van der Waals surface area contributed by atoms with Gasteiger partial charge in [0.05, 0.1) is 6.42 Å². The third-order valence-corrected chi connectivity index (χ3v) is 2.74. The smallest absolute Gasteiger partial charge is 0.307 e. The molecule has 2 aromatic rings. The standard InChI is InChI=1S/C16H15NO4/c1-11-2-7-14(21-11)8-9-15(18)17-13-5-3-12(4-6-13)10-16(19)20/h2-9H,10H2,1H3,(H,17,18)(H,19,20)/b9-8+. The minimum Gasteiger partial charge on any atom is -0.481 e. The summed E-state index contributed by atoms with van der Waals surface area (Å²) in [5.41, 5.74) is 1.29. The van der Waals surface area contributed by atoms with Crippen LogP contribution in [0.5, 0.6) is 0 Å². The van der Waals surface area contributed by atoms with Gasteiger partial charge in [-0.2, -0.15) is 0 Å². The van der Waals surface area contributed by atoms with Gasteiger partial charge < -0.3 is 14.8 Å². The fourth-order valence-corrected chi connectivity index (χ4v) is 1.77. The number of aryl methyl sites for hydroxylation is 1. The van der Waals surface area contributed by atoms with E-state index < -0.39 is 5.97 Å². The van der Waals surface area contributed by atoms with E-state index in [0.29, 0.717) is 17.0 Å². The van der Waals surface area contributed by atoms with Crippen LogP contribution in [0.4, 0.5) is 5.69 Å². The van der Waals surface area contributed by atoms with Crippen molar-refractivity contribution in [1.29, 1.82) is 0 Å². The summed E-state index contributed by atoms with van der Waals surface area (Å²) in [6.45, 7) is 1.83. The van der Waals surface area contributed by atoms with Crippen LogP contribution < -0.4 is 5.32 Å². The Balaban J connectivity index is 1.93. The molecule has 2 rings (SSSR count). The second-order valence-electron chi connectivity index (χ2n) is 4.54. The lowest BCUT2D eigenvalue weighted by Crippen LogP contribution is -2.08. The minimum atomic E-state index is -0.886. The average Bonchev–Trinajstić information content (AvgIpc) is 2.84. The molecule has 5 nitrogen and oxygen atoms in total. The Morgan fingerprint density at radius 3 is 2.48 bits per heavy atom. The Labute approximate surface area is 121 Å². The van der Waals surface area contributed by atoms with Crippen molar-refractivity contribution in [2.45, 2.75) is 13.3 Å². The van der Waals surface area contributed by atoms with Gasteiger partial charge in [-0.25, -0.2) is 0 Å². The molecule has 0 atom stereocenters. The van der Waals surface area contributed by atoms with Crippen LogP contribution in [0.25, 0.3) is 6.08 Å². The van der Waals surface area contributed by atoms with E-state index in [1.165, 1.54) is 6.08 Å². The molecule has 1 aromatic heterocycles. The summed E-state index contributed by atoms with van der Waals surface area (Å²) in [7, 11) is 0. The number of hydrogen-bond acceptors (Lipinski definition) is 3. The van der Waals surface area contributed by atoms with Crippen LogP contribution in [0.15, 0.2) is 46.9 Å². The molecule has 0 aliphatic heterocycles. The number of hydrogen-bond donors (Lipinski definition) is 2. The molecule has 1 heterocycles. The largest absolute Gasteiger partial charge is 0.481 e. The molecule has 0 aliphatic carbocycles. The monoisotopic (exact) mass is 285 g/mol. The molecule has 0 spiro atoms. The number of amides is 1. The van der Waals surface area contributed by atoms with Gasteiger partial charge in [-0.3, -0.25) is 9.59 Å². The highest BCUT2D eigenvalue weighted by molar-refractivity contribution is 6.01. The van der Waals surface area contributed by atoms with E-state index in [4.69, 9.17) is 9.52 Å². The summed E-state index contributed by atoms with van der Waals surface area (Å²) in [5, 5.41) is 11.4. The first-order valence-corrected chi connectivity index (χ1v) is 6.39. The molecule has 0 saturated carbocycles. The van der Waals surface area contributed by atoms with Crippen molar-refractivity contribution < 1.29 is 19.1 Å². The van der Waals surface area contributed by atoms with E-state index >= 15 is 0 Å². The number of carboxylic acid groups (broad SMARTS) is 1. The molecule has 0 unspecified atom stereocenters. The highest BCUT2D eigenvalue weighted by Crippen LogP contribution is 2.11. The third-order valence-electron chi connectivity index (χ3n) is 2.74. The molecule has 21 heavy (non-hydrogen) atoms. The van der Waals surface area contributed by atoms with Crippen LogP contribution in [0, 0.1) is 6.92 Å². The van der Waals surface area contributed by atoms with Crippen LogP contribution in [0.2, 0.25) is 0 Å². The van der Waals surface area contributed by atoms with E-state index in [-0.39, 0.29) is 12.3 Å². The van der Waals surface area contributed by atoms with Crippen molar-refractivity contribution >= 4 is 23.6 Å². The van der Waals surface area contributed by atoms with Crippen LogP contribution >= 0.6 is 0 Å². The average molecular weight is 285 g/mol. The third kappa shape index (κ3) is 4.65. The lowest BCUT2D eigenvalue weighted by molar-refractivity contribution is -0.136. The van der Waals surface area contributed by atoms with Gasteiger partial charge in [-0.05, 0) is 42.8 Å². The van der Waals surface area contributed by atoms with E-state index in [1.807, 2.05) is 13.0 Å². The summed E-state index contributed by atoms with van der Waals surface area (Å²) in [5.74, 6) is 0.224. The molecule has 108 valence electrons. The van der Waals surface area contributed by atoms with Gasteiger partial charge in [0.15, 0.2) is 0 Å². The van der Waals surface area contributed by atoms with Gasteiger partial charge in [0.1, 0.15) is 11.5 Å². The van der Waals surface area contributed by atoms with E-state index in [2.05, 4.69) is 5.32 Å². The molecule has 0 fully saturated rings. The SMILES string of the molecule is Cc1ccc(/C=C/C(=O)Nc2ccc(CC(=O)O)cc2)o1. The Bertz CT molecular complexity index is 668. The first-order chi connectivity index (χ1) is 10.0. The number of aliphatic carboxylic acids is 1. The number of nitrogens with one attached hydrogen (secondary N) is 1. The summed E-state index contributed by atoms with van der Waals surface area (Å²) in [4.78, 5) is 22.3. The van der Waals surface area contributed by atoms with Crippen LogP contribution in [-0.4, -0.2) is 17.0 Å². The minimum absolute atomic E-state index is 0.0357. The van der Waals surface area contributed by atoms with Gasteiger partial charge in [-0.15, -0.1) is 0 Å². The predicted molar refractivity (Wildman–Crippen MR) is 78.9 cm³/mol. The lowest BCUT2D eigenvalue weighted by atomic mass is 10.1. The maximum absolute atomic E-state index is 11.7. The molecule has 1 aromatic carbocycles. The molecule has 1 amide bonds. The second-order valence-corrected chi connectivity index (χ2v) is 4.54.